The van der Waals surface area contributed by atoms with Gasteiger partial charge in [0, 0.05) is 22.0 Å². The zero-order chi connectivity index (χ0) is 20.9. The maximum absolute atomic E-state index is 12.7. The van der Waals surface area contributed by atoms with Crippen LogP contribution in [0.25, 0.3) is 22.0 Å². The van der Waals surface area contributed by atoms with Crippen molar-refractivity contribution in [1.29, 1.82) is 0 Å². The summed E-state index contributed by atoms with van der Waals surface area (Å²) in [7, 11) is 1.61. The zero-order valence-electron chi connectivity index (χ0n) is 16.7. The molecule has 1 atom stereocenters. The number of hydrogen-bond donors (Lipinski definition) is 1. The fourth-order valence-corrected chi connectivity index (χ4v) is 4.01. The number of nitrogens with one attached hydrogen (secondary N) is 1. The van der Waals surface area contributed by atoms with Crippen LogP contribution in [-0.4, -0.2) is 28.5 Å². The van der Waals surface area contributed by atoms with Crippen LogP contribution in [0.3, 0.4) is 0 Å². The molecule has 0 fully saturated rings. The molecule has 1 N–H and O–H groups in total. The van der Waals surface area contributed by atoms with Crippen LogP contribution in [-0.2, 0) is 4.79 Å². The molecule has 150 valence electrons. The SMILES string of the molecule is COc1ccc(NC(=O)[C@H](C)Sc2nnc(-c3ccccc3)c3ccccc23)cc1. The van der Waals surface area contributed by atoms with Gasteiger partial charge in [-0.25, -0.2) is 0 Å². The summed E-state index contributed by atoms with van der Waals surface area (Å²) in [5, 5.41) is 14.3. The summed E-state index contributed by atoms with van der Waals surface area (Å²) in [5.74, 6) is 0.652. The molecule has 1 aromatic heterocycles. The highest BCUT2D eigenvalue weighted by Gasteiger charge is 2.19. The van der Waals surface area contributed by atoms with Crippen molar-refractivity contribution in [2.75, 3.05) is 12.4 Å². The lowest BCUT2D eigenvalue weighted by molar-refractivity contribution is -0.115. The molecule has 0 saturated carbocycles. The predicted octanol–water partition coefficient (Wildman–Crippen LogP) is 5.42. The summed E-state index contributed by atoms with van der Waals surface area (Å²) in [6.07, 6.45) is 0. The third-order valence-electron chi connectivity index (χ3n) is 4.72. The fourth-order valence-electron chi connectivity index (χ4n) is 3.11. The third kappa shape index (κ3) is 4.28. The first-order valence-corrected chi connectivity index (χ1v) is 10.5. The summed E-state index contributed by atoms with van der Waals surface area (Å²) in [6, 6.07) is 25.3. The average molecular weight is 416 g/mol. The van der Waals surface area contributed by atoms with Gasteiger partial charge in [0.25, 0.3) is 0 Å². The lowest BCUT2D eigenvalue weighted by Gasteiger charge is -2.14. The van der Waals surface area contributed by atoms with E-state index >= 15 is 0 Å². The topological polar surface area (TPSA) is 64.1 Å². The highest BCUT2D eigenvalue weighted by molar-refractivity contribution is 8.00. The maximum atomic E-state index is 12.7. The van der Waals surface area contributed by atoms with E-state index in [1.54, 1.807) is 7.11 Å². The number of nitrogens with zero attached hydrogens (tertiary/aromatic N) is 2. The average Bonchev–Trinajstić information content (AvgIpc) is 2.80. The molecule has 6 heteroatoms. The van der Waals surface area contributed by atoms with Gasteiger partial charge in [0.05, 0.1) is 12.4 Å². The van der Waals surface area contributed by atoms with Gasteiger partial charge in [0.15, 0.2) is 0 Å². The van der Waals surface area contributed by atoms with E-state index in [-0.39, 0.29) is 11.2 Å². The van der Waals surface area contributed by atoms with Crippen LogP contribution in [0.5, 0.6) is 5.75 Å². The number of benzene rings is 3. The van der Waals surface area contributed by atoms with Gasteiger partial charge in [0.1, 0.15) is 16.5 Å². The normalized spacial score (nSPS) is 11.8. The summed E-state index contributed by atoms with van der Waals surface area (Å²) in [4.78, 5) is 12.7. The second-order valence-electron chi connectivity index (χ2n) is 6.74. The molecule has 3 aromatic carbocycles. The number of hydrogen-bond acceptors (Lipinski definition) is 5. The standard InChI is InChI=1S/C24H21N3O2S/c1-16(23(28)25-18-12-14-19(29-2)15-13-18)30-24-21-11-7-6-10-20(21)22(26-27-24)17-8-4-3-5-9-17/h3-16H,1-2H3,(H,25,28)/t16-/m0/s1. The first-order valence-electron chi connectivity index (χ1n) is 9.58. The minimum Gasteiger partial charge on any atom is -0.497 e. The van der Waals surface area contributed by atoms with Gasteiger partial charge in [-0.2, -0.15) is 0 Å². The van der Waals surface area contributed by atoms with Gasteiger partial charge in [-0.3, -0.25) is 4.79 Å². The Kier molecular flexibility index (Phi) is 5.95. The fraction of sp³-hybridized carbons (Fsp3) is 0.125. The number of methoxy groups -OCH3 is 1. The molecule has 5 nitrogen and oxygen atoms in total. The Hall–Kier alpha value is -3.38. The second-order valence-corrected chi connectivity index (χ2v) is 8.07. The highest BCUT2D eigenvalue weighted by Crippen LogP contribution is 2.33. The number of thioether (sulfide) groups is 1. The maximum Gasteiger partial charge on any atom is 0.237 e. The van der Waals surface area contributed by atoms with Gasteiger partial charge in [-0.1, -0.05) is 66.4 Å². The first-order chi connectivity index (χ1) is 14.7. The summed E-state index contributed by atoms with van der Waals surface area (Å²) < 4.78 is 5.15. The van der Waals surface area contributed by atoms with Crippen LogP contribution in [0.1, 0.15) is 6.92 Å². The molecule has 0 aliphatic rings. The molecule has 1 amide bonds. The molecule has 0 saturated heterocycles. The lowest BCUT2D eigenvalue weighted by Crippen LogP contribution is -2.22. The van der Waals surface area contributed by atoms with Crippen LogP contribution >= 0.6 is 11.8 Å². The number of rotatable bonds is 6. The molecule has 30 heavy (non-hydrogen) atoms. The number of amides is 1. The van der Waals surface area contributed by atoms with Crippen molar-refractivity contribution in [3.8, 4) is 17.0 Å². The van der Waals surface area contributed by atoms with E-state index in [4.69, 9.17) is 4.74 Å². The summed E-state index contributed by atoms with van der Waals surface area (Å²) in [5.41, 5.74) is 2.58. The number of ether oxygens (including phenoxy) is 1. The summed E-state index contributed by atoms with van der Waals surface area (Å²) >= 11 is 1.40. The van der Waals surface area contributed by atoms with Crippen LogP contribution < -0.4 is 10.1 Å². The molecule has 0 radical (unpaired) electrons. The van der Waals surface area contributed by atoms with Crippen LogP contribution in [0.15, 0.2) is 83.9 Å². The van der Waals surface area contributed by atoms with E-state index in [2.05, 4.69) is 15.5 Å². The molecule has 4 rings (SSSR count). The van der Waals surface area contributed by atoms with Gasteiger partial charge in [-0.15, -0.1) is 10.2 Å². The van der Waals surface area contributed by atoms with Crippen LogP contribution in [0.4, 0.5) is 5.69 Å². The van der Waals surface area contributed by atoms with E-state index in [0.717, 1.165) is 38.5 Å². The lowest BCUT2D eigenvalue weighted by atomic mass is 10.1. The van der Waals surface area contributed by atoms with Crippen molar-refractivity contribution in [3.63, 3.8) is 0 Å². The number of carbonyl (C=O) groups is 1. The molecule has 0 aliphatic carbocycles. The molecule has 0 spiro atoms. The van der Waals surface area contributed by atoms with Crippen LogP contribution in [0.2, 0.25) is 0 Å². The Morgan fingerprint density at radius 1 is 0.900 bits per heavy atom. The molecule has 4 aromatic rings. The minimum atomic E-state index is -0.340. The Bertz CT molecular complexity index is 1160. The van der Waals surface area contributed by atoms with Crippen LogP contribution in [0, 0.1) is 0 Å². The van der Waals surface area contributed by atoms with E-state index in [1.165, 1.54) is 11.8 Å². The number of carbonyl (C=O) groups excluding carboxylic acids is 1. The Balaban J connectivity index is 1.56. The monoisotopic (exact) mass is 415 g/mol. The van der Waals surface area contributed by atoms with Crippen molar-refractivity contribution < 1.29 is 9.53 Å². The predicted molar refractivity (Wildman–Crippen MR) is 122 cm³/mol. The minimum absolute atomic E-state index is 0.0943. The molecule has 0 bridgehead atoms. The Morgan fingerprint density at radius 2 is 1.57 bits per heavy atom. The highest BCUT2D eigenvalue weighted by atomic mass is 32.2. The van der Waals surface area contributed by atoms with E-state index in [9.17, 15) is 4.79 Å². The Morgan fingerprint density at radius 3 is 2.27 bits per heavy atom. The quantitative estimate of drug-likeness (QED) is 0.426. The number of fused-ring (bicyclic) bond motifs is 1. The smallest absolute Gasteiger partial charge is 0.237 e. The molecular formula is C24H21N3O2S. The van der Waals surface area contributed by atoms with E-state index in [1.807, 2.05) is 85.8 Å². The number of anilines is 1. The van der Waals surface area contributed by atoms with Crippen molar-refractivity contribution in [2.24, 2.45) is 0 Å². The molecule has 0 unspecified atom stereocenters. The van der Waals surface area contributed by atoms with Gasteiger partial charge in [-0.05, 0) is 31.2 Å². The van der Waals surface area contributed by atoms with Crippen molar-refractivity contribution in [3.05, 3.63) is 78.9 Å². The van der Waals surface area contributed by atoms with Crippen molar-refractivity contribution in [1.82, 2.24) is 10.2 Å². The van der Waals surface area contributed by atoms with Crippen molar-refractivity contribution in [2.45, 2.75) is 17.2 Å². The van der Waals surface area contributed by atoms with Gasteiger partial charge in [0.2, 0.25) is 5.91 Å². The van der Waals surface area contributed by atoms with E-state index in [0.29, 0.717) is 0 Å². The first kappa shape index (κ1) is 19.9. The molecule has 1 heterocycles. The summed E-state index contributed by atoms with van der Waals surface area (Å²) in [6.45, 7) is 1.87. The van der Waals surface area contributed by atoms with E-state index < -0.39 is 0 Å². The Labute approximate surface area is 179 Å². The third-order valence-corrected chi connectivity index (χ3v) is 5.81. The molecule has 0 aliphatic heterocycles. The van der Waals surface area contributed by atoms with Crippen molar-refractivity contribution >= 4 is 34.1 Å². The molecular weight excluding hydrogens is 394 g/mol. The zero-order valence-corrected chi connectivity index (χ0v) is 17.5. The largest absolute Gasteiger partial charge is 0.497 e. The second kappa shape index (κ2) is 8.97. The van der Waals surface area contributed by atoms with Gasteiger partial charge >= 0.3 is 0 Å². The van der Waals surface area contributed by atoms with Gasteiger partial charge < -0.3 is 10.1 Å². The number of aromatic nitrogens is 2.